The van der Waals surface area contributed by atoms with Gasteiger partial charge in [0.15, 0.2) is 0 Å². The summed E-state index contributed by atoms with van der Waals surface area (Å²) < 4.78 is 5.15. The fourth-order valence-electron chi connectivity index (χ4n) is 1.22. The lowest BCUT2D eigenvalue weighted by molar-refractivity contribution is -0.149. The van der Waals surface area contributed by atoms with Gasteiger partial charge in [-0.05, 0) is 6.07 Å². The van der Waals surface area contributed by atoms with E-state index in [4.69, 9.17) is 0 Å². The van der Waals surface area contributed by atoms with Crippen LogP contribution < -0.4 is 0 Å². The molecule has 14 heavy (non-hydrogen) atoms. The second-order valence-corrected chi connectivity index (χ2v) is 3.60. The molecule has 1 aromatic carbocycles. The average molecular weight is 253 g/mol. The molecule has 0 fully saturated rings. The van der Waals surface area contributed by atoms with Crippen LogP contribution in [0.15, 0.2) is 34.8 Å². The first-order chi connectivity index (χ1) is 6.68. The maximum absolute atomic E-state index is 11.2. The van der Waals surface area contributed by atoms with Crippen LogP contribution in [0.3, 0.4) is 0 Å². The number of benzene rings is 1. The second-order valence-electron chi connectivity index (χ2n) is 2.75. The molecule has 3 nitrogen and oxygen atoms in total. The smallest absolute Gasteiger partial charge is 0.346 e. The van der Waals surface area contributed by atoms with E-state index >= 15 is 0 Å². The van der Waals surface area contributed by atoms with Crippen LogP contribution in [-0.4, -0.2) is 11.9 Å². The van der Waals surface area contributed by atoms with Crippen LogP contribution >= 0.6 is 15.9 Å². The molecule has 0 atom stereocenters. The Morgan fingerprint density at radius 1 is 1.14 bits per heavy atom. The highest BCUT2D eigenvalue weighted by molar-refractivity contribution is 9.10. The van der Waals surface area contributed by atoms with Crippen molar-refractivity contribution in [1.82, 2.24) is 0 Å². The van der Waals surface area contributed by atoms with Crippen molar-refractivity contribution in [1.29, 1.82) is 0 Å². The lowest BCUT2D eigenvalue weighted by Gasteiger charge is -2.01. The third-order valence-corrected chi connectivity index (χ3v) is 2.53. The van der Waals surface area contributed by atoms with Crippen LogP contribution in [0.1, 0.15) is 5.56 Å². The SMILES string of the molecule is O=C1C=C(c2ccccc2Br)C(=O)O1. The minimum atomic E-state index is -0.610. The number of hydrogen-bond donors (Lipinski definition) is 0. The molecule has 0 spiro atoms. The van der Waals surface area contributed by atoms with E-state index in [1.165, 1.54) is 6.08 Å². The van der Waals surface area contributed by atoms with E-state index in [0.717, 1.165) is 4.47 Å². The molecule has 1 aliphatic rings. The molecule has 0 radical (unpaired) electrons. The summed E-state index contributed by atoms with van der Waals surface area (Å²) in [4.78, 5) is 22.0. The normalized spacial score (nSPS) is 15.4. The first kappa shape index (κ1) is 9.15. The molecule has 0 aliphatic carbocycles. The zero-order valence-corrected chi connectivity index (χ0v) is 8.58. The van der Waals surface area contributed by atoms with Crippen LogP contribution in [0.2, 0.25) is 0 Å². The quantitative estimate of drug-likeness (QED) is 0.567. The van der Waals surface area contributed by atoms with Gasteiger partial charge in [0.1, 0.15) is 0 Å². The highest BCUT2D eigenvalue weighted by Gasteiger charge is 2.25. The predicted molar refractivity (Wildman–Crippen MR) is 53.2 cm³/mol. The molecular formula is C10H5BrO3. The molecule has 0 saturated heterocycles. The van der Waals surface area contributed by atoms with Gasteiger partial charge < -0.3 is 4.74 Å². The van der Waals surface area contributed by atoms with Crippen molar-refractivity contribution in [2.75, 3.05) is 0 Å². The van der Waals surface area contributed by atoms with Crippen molar-refractivity contribution in [3.8, 4) is 0 Å². The maximum atomic E-state index is 11.2. The number of carbonyl (C=O) groups excluding carboxylic acids is 2. The van der Waals surface area contributed by atoms with Crippen molar-refractivity contribution in [3.63, 3.8) is 0 Å². The van der Waals surface area contributed by atoms with Crippen molar-refractivity contribution >= 4 is 33.4 Å². The molecule has 1 aliphatic heterocycles. The third kappa shape index (κ3) is 1.48. The first-order valence-electron chi connectivity index (χ1n) is 3.91. The molecule has 1 aromatic rings. The van der Waals surface area contributed by atoms with Gasteiger partial charge in [-0.3, -0.25) is 0 Å². The van der Waals surface area contributed by atoms with Crippen molar-refractivity contribution in [3.05, 3.63) is 40.4 Å². The average Bonchev–Trinajstić information content (AvgIpc) is 2.46. The van der Waals surface area contributed by atoms with E-state index in [1.54, 1.807) is 18.2 Å². The Bertz CT molecular complexity index is 448. The van der Waals surface area contributed by atoms with E-state index in [2.05, 4.69) is 20.7 Å². The fraction of sp³-hybridized carbons (Fsp3) is 0. The fourth-order valence-corrected chi connectivity index (χ4v) is 1.72. The van der Waals surface area contributed by atoms with Gasteiger partial charge in [-0.15, -0.1) is 0 Å². The summed E-state index contributed by atoms with van der Waals surface area (Å²) in [5, 5.41) is 0. The molecule has 2 rings (SSSR count). The molecule has 1 heterocycles. The summed E-state index contributed by atoms with van der Waals surface area (Å²) in [7, 11) is 0. The number of ether oxygens (including phenoxy) is 1. The Balaban J connectivity index is 2.51. The minimum absolute atomic E-state index is 0.294. The molecule has 0 N–H and O–H groups in total. The summed E-state index contributed by atoms with van der Waals surface area (Å²) >= 11 is 3.29. The maximum Gasteiger partial charge on any atom is 0.346 e. The molecule has 4 heteroatoms. The predicted octanol–water partition coefficient (Wildman–Crippen LogP) is 1.92. The Hall–Kier alpha value is -1.42. The third-order valence-electron chi connectivity index (χ3n) is 1.84. The minimum Gasteiger partial charge on any atom is -0.386 e. The summed E-state index contributed by atoms with van der Waals surface area (Å²) in [5.41, 5.74) is 0.964. The van der Waals surface area contributed by atoms with Gasteiger partial charge >= 0.3 is 11.9 Å². The van der Waals surface area contributed by atoms with Gasteiger partial charge in [0.05, 0.1) is 5.57 Å². The number of cyclic esters (lactones) is 2. The summed E-state index contributed by atoms with van der Waals surface area (Å²) in [6.45, 7) is 0. The van der Waals surface area contributed by atoms with Gasteiger partial charge in [-0.2, -0.15) is 0 Å². The highest BCUT2D eigenvalue weighted by atomic mass is 79.9. The van der Waals surface area contributed by atoms with Crippen LogP contribution in [0.25, 0.3) is 5.57 Å². The van der Waals surface area contributed by atoms with Crippen molar-refractivity contribution in [2.45, 2.75) is 0 Å². The molecular weight excluding hydrogens is 248 g/mol. The van der Waals surface area contributed by atoms with Crippen LogP contribution in [0.4, 0.5) is 0 Å². The van der Waals surface area contributed by atoms with E-state index in [-0.39, 0.29) is 0 Å². The van der Waals surface area contributed by atoms with E-state index in [1.807, 2.05) is 6.07 Å². The standard InChI is InChI=1S/C10H5BrO3/c11-8-4-2-1-3-6(8)7-5-9(12)14-10(7)13/h1-5H. The summed E-state index contributed by atoms with van der Waals surface area (Å²) in [6, 6.07) is 7.16. The number of rotatable bonds is 1. The highest BCUT2D eigenvalue weighted by Crippen LogP contribution is 2.27. The second kappa shape index (κ2) is 3.38. The monoisotopic (exact) mass is 252 g/mol. The lowest BCUT2D eigenvalue weighted by Crippen LogP contribution is -2.01. The van der Waals surface area contributed by atoms with Gasteiger partial charge in [0.25, 0.3) is 0 Å². The Morgan fingerprint density at radius 2 is 1.86 bits per heavy atom. The summed E-state index contributed by atoms with van der Waals surface area (Å²) in [6.07, 6.45) is 1.20. The first-order valence-corrected chi connectivity index (χ1v) is 4.70. The molecule has 0 bridgehead atoms. The summed E-state index contributed by atoms with van der Waals surface area (Å²) in [5.74, 6) is -1.21. The van der Waals surface area contributed by atoms with E-state index in [0.29, 0.717) is 11.1 Å². The zero-order valence-electron chi connectivity index (χ0n) is 6.99. The number of hydrogen-bond acceptors (Lipinski definition) is 3. The van der Waals surface area contributed by atoms with Gasteiger partial charge in [0.2, 0.25) is 0 Å². The Kier molecular flexibility index (Phi) is 2.21. The molecule has 0 amide bonds. The van der Waals surface area contributed by atoms with E-state index < -0.39 is 11.9 Å². The number of esters is 2. The van der Waals surface area contributed by atoms with E-state index in [9.17, 15) is 9.59 Å². The lowest BCUT2D eigenvalue weighted by atomic mass is 10.1. The topological polar surface area (TPSA) is 43.4 Å². The van der Waals surface area contributed by atoms with Crippen LogP contribution in [0.5, 0.6) is 0 Å². The van der Waals surface area contributed by atoms with Gasteiger partial charge in [-0.25, -0.2) is 9.59 Å². The zero-order chi connectivity index (χ0) is 10.1. The van der Waals surface area contributed by atoms with Crippen molar-refractivity contribution in [2.24, 2.45) is 0 Å². The van der Waals surface area contributed by atoms with Crippen molar-refractivity contribution < 1.29 is 14.3 Å². The van der Waals surface area contributed by atoms with Crippen LogP contribution in [-0.2, 0) is 14.3 Å². The van der Waals surface area contributed by atoms with Gasteiger partial charge in [0, 0.05) is 16.1 Å². The number of halogens is 1. The molecule has 70 valence electrons. The molecule has 0 saturated carbocycles. The Morgan fingerprint density at radius 3 is 2.43 bits per heavy atom. The number of carbonyl (C=O) groups is 2. The molecule has 0 unspecified atom stereocenters. The largest absolute Gasteiger partial charge is 0.386 e. The van der Waals surface area contributed by atoms with Gasteiger partial charge in [-0.1, -0.05) is 34.1 Å². The Labute approximate surface area is 88.5 Å². The van der Waals surface area contributed by atoms with Crippen LogP contribution in [0, 0.1) is 0 Å². The molecule has 0 aromatic heterocycles.